The molecule has 0 aliphatic carbocycles. The molecule has 0 aromatic carbocycles. The molecule has 1 atom stereocenters. The first-order valence-electron chi connectivity index (χ1n) is 4.91. The molecule has 0 spiro atoms. The van der Waals surface area contributed by atoms with Gasteiger partial charge in [0.05, 0.1) is 12.8 Å². The Bertz CT molecular complexity index is 284. The standard InChI is InChI=1S/C10H18N2O2/c1-4-5-14-7-10(13)9-6-11-12(3)8(9)2/h6,10,13H,4-5,7H2,1-3H3. The smallest absolute Gasteiger partial charge is 0.106 e. The second-order valence-electron chi connectivity index (χ2n) is 3.40. The second kappa shape index (κ2) is 5.12. The maximum Gasteiger partial charge on any atom is 0.106 e. The number of nitrogens with zero attached hydrogens (tertiary/aromatic N) is 2. The van der Waals surface area contributed by atoms with Gasteiger partial charge in [-0.2, -0.15) is 5.10 Å². The van der Waals surface area contributed by atoms with Crippen LogP contribution in [0.4, 0.5) is 0 Å². The first kappa shape index (κ1) is 11.2. The molecule has 0 bridgehead atoms. The number of rotatable bonds is 5. The molecule has 1 rings (SSSR count). The Labute approximate surface area is 84.5 Å². The molecule has 1 aromatic heterocycles. The summed E-state index contributed by atoms with van der Waals surface area (Å²) in [6.45, 7) is 5.02. The van der Waals surface area contributed by atoms with Crippen LogP contribution in [0.15, 0.2) is 6.20 Å². The van der Waals surface area contributed by atoms with E-state index in [0.717, 1.165) is 17.7 Å². The van der Waals surface area contributed by atoms with E-state index in [0.29, 0.717) is 13.2 Å². The highest BCUT2D eigenvalue weighted by Gasteiger charge is 2.13. The fraction of sp³-hybridized carbons (Fsp3) is 0.700. The molecular weight excluding hydrogens is 180 g/mol. The first-order chi connectivity index (χ1) is 6.66. The first-order valence-corrected chi connectivity index (χ1v) is 4.91. The monoisotopic (exact) mass is 198 g/mol. The summed E-state index contributed by atoms with van der Waals surface area (Å²) in [6.07, 6.45) is 2.10. The van der Waals surface area contributed by atoms with Crippen LogP contribution in [0.3, 0.4) is 0 Å². The number of hydrogen-bond donors (Lipinski definition) is 1. The average Bonchev–Trinajstić information content (AvgIpc) is 2.48. The van der Waals surface area contributed by atoms with Gasteiger partial charge in [-0.15, -0.1) is 0 Å². The minimum atomic E-state index is -0.560. The third-order valence-electron chi connectivity index (χ3n) is 2.26. The fourth-order valence-electron chi connectivity index (χ4n) is 1.27. The molecule has 0 fully saturated rings. The predicted octanol–water partition coefficient (Wildman–Crippen LogP) is 1.19. The van der Waals surface area contributed by atoms with Crippen molar-refractivity contribution in [2.75, 3.05) is 13.2 Å². The SMILES string of the molecule is CCCOCC(O)c1cnn(C)c1C. The Morgan fingerprint density at radius 1 is 1.64 bits per heavy atom. The number of ether oxygens (including phenoxy) is 1. The van der Waals surface area contributed by atoms with Gasteiger partial charge in [-0.05, 0) is 13.3 Å². The van der Waals surface area contributed by atoms with E-state index < -0.39 is 6.10 Å². The third kappa shape index (κ3) is 2.56. The van der Waals surface area contributed by atoms with E-state index >= 15 is 0 Å². The largest absolute Gasteiger partial charge is 0.386 e. The van der Waals surface area contributed by atoms with Crippen molar-refractivity contribution in [2.24, 2.45) is 7.05 Å². The van der Waals surface area contributed by atoms with Gasteiger partial charge in [-0.1, -0.05) is 6.92 Å². The Morgan fingerprint density at radius 3 is 2.86 bits per heavy atom. The Hall–Kier alpha value is -0.870. The summed E-state index contributed by atoms with van der Waals surface area (Å²) >= 11 is 0. The van der Waals surface area contributed by atoms with Crippen LogP contribution in [0.2, 0.25) is 0 Å². The van der Waals surface area contributed by atoms with Crippen molar-refractivity contribution < 1.29 is 9.84 Å². The molecule has 0 saturated heterocycles. The number of aliphatic hydroxyl groups excluding tert-OH is 1. The van der Waals surface area contributed by atoms with Crippen molar-refractivity contribution >= 4 is 0 Å². The molecule has 1 unspecified atom stereocenters. The van der Waals surface area contributed by atoms with E-state index in [1.165, 1.54) is 0 Å². The van der Waals surface area contributed by atoms with Crippen LogP contribution in [0.25, 0.3) is 0 Å². The van der Waals surface area contributed by atoms with Crippen molar-refractivity contribution in [3.63, 3.8) is 0 Å². The van der Waals surface area contributed by atoms with Gasteiger partial charge in [0.25, 0.3) is 0 Å². The molecule has 0 aliphatic rings. The Balaban J connectivity index is 2.52. The lowest BCUT2D eigenvalue weighted by Crippen LogP contribution is -2.08. The summed E-state index contributed by atoms with van der Waals surface area (Å²) in [5, 5.41) is 13.8. The molecule has 0 amide bonds. The molecule has 4 heteroatoms. The second-order valence-corrected chi connectivity index (χ2v) is 3.40. The maximum absolute atomic E-state index is 9.76. The molecular formula is C10H18N2O2. The van der Waals surface area contributed by atoms with Crippen LogP contribution in [-0.4, -0.2) is 28.1 Å². The number of hydrogen-bond acceptors (Lipinski definition) is 3. The van der Waals surface area contributed by atoms with Crippen LogP contribution >= 0.6 is 0 Å². The van der Waals surface area contributed by atoms with Gasteiger partial charge < -0.3 is 9.84 Å². The van der Waals surface area contributed by atoms with Crippen molar-refractivity contribution in [2.45, 2.75) is 26.4 Å². The van der Waals surface area contributed by atoms with E-state index in [1.807, 2.05) is 20.9 Å². The lowest BCUT2D eigenvalue weighted by Gasteiger charge is -2.10. The zero-order valence-electron chi connectivity index (χ0n) is 9.03. The highest BCUT2D eigenvalue weighted by molar-refractivity contribution is 5.18. The van der Waals surface area contributed by atoms with E-state index in [4.69, 9.17) is 4.74 Å². The fourth-order valence-corrected chi connectivity index (χ4v) is 1.27. The lowest BCUT2D eigenvalue weighted by molar-refractivity contribution is 0.0360. The number of aliphatic hydroxyl groups is 1. The quantitative estimate of drug-likeness (QED) is 0.723. The molecule has 1 heterocycles. The minimum Gasteiger partial charge on any atom is -0.386 e. The minimum absolute atomic E-state index is 0.348. The number of aryl methyl sites for hydroxylation is 1. The van der Waals surface area contributed by atoms with E-state index in [-0.39, 0.29) is 0 Å². The lowest BCUT2D eigenvalue weighted by atomic mass is 10.1. The summed E-state index contributed by atoms with van der Waals surface area (Å²) in [5.41, 5.74) is 1.83. The van der Waals surface area contributed by atoms with Gasteiger partial charge in [0.2, 0.25) is 0 Å². The van der Waals surface area contributed by atoms with Gasteiger partial charge in [-0.25, -0.2) is 0 Å². The summed E-state index contributed by atoms with van der Waals surface area (Å²) < 4.78 is 7.02. The molecule has 0 aliphatic heterocycles. The van der Waals surface area contributed by atoms with Crippen LogP contribution in [0.1, 0.15) is 30.7 Å². The predicted molar refractivity (Wildman–Crippen MR) is 54.0 cm³/mol. The molecule has 14 heavy (non-hydrogen) atoms. The Kier molecular flexibility index (Phi) is 4.10. The highest BCUT2D eigenvalue weighted by atomic mass is 16.5. The molecule has 4 nitrogen and oxygen atoms in total. The van der Waals surface area contributed by atoms with Gasteiger partial charge in [0, 0.05) is 24.9 Å². The van der Waals surface area contributed by atoms with E-state index in [2.05, 4.69) is 5.10 Å². The van der Waals surface area contributed by atoms with Gasteiger partial charge in [0.1, 0.15) is 6.10 Å². The zero-order valence-corrected chi connectivity index (χ0v) is 9.03. The van der Waals surface area contributed by atoms with Crippen LogP contribution in [0.5, 0.6) is 0 Å². The van der Waals surface area contributed by atoms with Crippen molar-refractivity contribution in [1.82, 2.24) is 9.78 Å². The summed E-state index contributed by atoms with van der Waals surface area (Å²) in [4.78, 5) is 0. The topological polar surface area (TPSA) is 47.3 Å². The van der Waals surface area contributed by atoms with E-state index in [1.54, 1.807) is 10.9 Å². The molecule has 0 saturated carbocycles. The average molecular weight is 198 g/mol. The third-order valence-corrected chi connectivity index (χ3v) is 2.26. The molecule has 80 valence electrons. The summed E-state index contributed by atoms with van der Waals surface area (Å²) in [6, 6.07) is 0. The van der Waals surface area contributed by atoms with E-state index in [9.17, 15) is 5.11 Å². The van der Waals surface area contributed by atoms with Gasteiger partial charge >= 0.3 is 0 Å². The normalized spacial score (nSPS) is 13.1. The van der Waals surface area contributed by atoms with Crippen LogP contribution in [0, 0.1) is 6.92 Å². The maximum atomic E-state index is 9.76. The summed E-state index contributed by atoms with van der Waals surface area (Å²) in [7, 11) is 1.86. The summed E-state index contributed by atoms with van der Waals surface area (Å²) in [5.74, 6) is 0. The highest BCUT2D eigenvalue weighted by Crippen LogP contribution is 2.16. The van der Waals surface area contributed by atoms with Crippen LogP contribution < -0.4 is 0 Å². The van der Waals surface area contributed by atoms with Gasteiger partial charge in [-0.3, -0.25) is 4.68 Å². The van der Waals surface area contributed by atoms with Crippen molar-refractivity contribution in [1.29, 1.82) is 0 Å². The zero-order chi connectivity index (χ0) is 10.6. The number of aromatic nitrogens is 2. The Morgan fingerprint density at radius 2 is 2.36 bits per heavy atom. The van der Waals surface area contributed by atoms with Gasteiger partial charge in [0.15, 0.2) is 0 Å². The molecule has 1 N–H and O–H groups in total. The van der Waals surface area contributed by atoms with Crippen molar-refractivity contribution in [3.8, 4) is 0 Å². The molecule has 0 radical (unpaired) electrons. The van der Waals surface area contributed by atoms with Crippen molar-refractivity contribution in [3.05, 3.63) is 17.5 Å². The molecule has 1 aromatic rings. The van der Waals surface area contributed by atoms with Crippen LogP contribution in [-0.2, 0) is 11.8 Å².